The lowest BCUT2D eigenvalue weighted by Crippen LogP contribution is -2.31. The van der Waals surface area contributed by atoms with Crippen LogP contribution >= 0.6 is 0 Å². The Morgan fingerprint density at radius 2 is 1.04 bits per heavy atom. The zero-order chi connectivity index (χ0) is 17.0. The summed E-state index contributed by atoms with van der Waals surface area (Å²) >= 11 is 0. The van der Waals surface area contributed by atoms with Crippen LogP contribution in [0.25, 0.3) is 0 Å². The second-order valence-electron chi connectivity index (χ2n) is 4.52. The molecule has 0 N–H and O–H groups in total. The number of carbonyl (C=O) groups is 2. The summed E-state index contributed by atoms with van der Waals surface area (Å²) in [4.78, 5) is 23.8. The third kappa shape index (κ3) is 1.85. The number of hydrogen-bond acceptors (Lipinski definition) is 2. The van der Waals surface area contributed by atoms with E-state index in [1.54, 1.807) is 0 Å². The molecule has 1 aliphatic rings. The summed E-state index contributed by atoms with van der Waals surface area (Å²) in [6.45, 7) is 0. The van der Waals surface area contributed by atoms with Crippen molar-refractivity contribution in [2.45, 2.75) is 0 Å². The molecule has 23 heavy (non-hydrogen) atoms. The lowest BCUT2D eigenvalue weighted by atomic mass is 10.1. The van der Waals surface area contributed by atoms with E-state index in [-0.39, 0.29) is 4.90 Å². The molecule has 0 radical (unpaired) electrons. The first-order chi connectivity index (χ1) is 10.8. The van der Waals surface area contributed by atoms with Gasteiger partial charge in [0.2, 0.25) is 0 Å². The molecular weight excluding hydrogens is 328 g/mol. The molecule has 9 heteroatoms. The average Bonchev–Trinajstić information content (AvgIpc) is 2.75. The van der Waals surface area contributed by atoms with Crippen LogP contribution < -0.4 is 4.90 Å². The van der Waals surface area contributed by atoms with Crippen LogP contribution in [0, 0.1) is 34.9 Å². The van der Waals surface area contributed by atoms with Gasteiger partial charge >= 0.3 is 0 Å². The molecule has 2 aromatic carbocycles. The van der Waals surface area contributed by atoms with Crippen LogP contribution in [0.3, 0.4) is 0 Å². The quantitative estimate of drug-likeness (QED) is 0.348. The van der Waals surface area contributed by atoms with Gasteiger partial charge in [0.1, 0.15) is 17.3 Å². The number of anilines is 1. The molecular formula is C14H3F6NO2. The molecule has 0 spiro atoms. The highest BCUT2D eigenvalue weighted by Gasteiger charge is 2.46. The number of amides is 2. The van der Waals surface area contributed by atoms with E-state index in [1.165, 1.54) is 0 Å². The first kappa shape index (κ1) is 15.1. The van der Waals surface area contributed by atoms with Crippen molar-refractivity contribution in [3.05, 3.63) is 64.2 Å². The minimum Gasteiger partial charge on any atom is -0.268 e. The van der Waals surface area contributed by atoms with Crippen molar-refractivity contribution < 1.29 is 35.9 Å². The van der Waals surface area contributed by atoms with Gasteiger partial charge in [-0.05, 0) is 12.1 Å². The van der Waals surface area contributed by atoms with Crippen LogP contribution in [0.5, 0.6) is 0 Å². The summed E-state index contributed by atoms with van der Waals surface area (Å²) in [5.41, 5.74) is -4.04. The smallest absolute Gasteiger partial charge is 0.268 e. The fourth-order valence-corrected chi connectivity index (χ4v) is 2.25. The van der Waals surface area contributed by atoms with E-state index in [9.17, 15) is 35.9 Å². The zero-order valence-electron chi connectivity index (χ0n) is 10.8. The van der Waals surface area contributed by atoms with Crippen molar-refractivity contribution in [3.63, 3.8) is 0 Å². The van der Waals surface area contributed by atoms with E-state index in [0.717, 1.165) is 6.07 Å². The van der Waals surface area contributed by atoms with Crippen molar-refractivity contribution in [3.8, 4) is 0 Å². The Morgan fingerprint density at radius 1 is 0.652 bits per heavy atom. The normalized spacial score (nSPS) is 13.7. The van der Waals surface area contributed by atoms with Crippen LogP contribution in [0.1, 0.15) is 20.7 Å². The predicted molar refractivity (Wildman–Crippen MR) is 63.8 cm³/mol. The molecule has 0 bridgehead atoms. The summed E-state index contributed by atoms with van der Waals surface area (Å²) in [5, 5.41) is 0. The number of rotatable bonds is 1. The molecule has 0 aromatic heterocycles. The summed E-state index contributed by atoms with van der Waals surface area (Å²) < 4.78 is 81.2. The van der Waals surface area contributed by atoms with Gasteiger partial charge in [-0.3, -0.25) is 9.59 Å². The molecule has 0 fully saturated rings. The summed E-state index contributed by atoms with van der Waals surface area (Å²) in [5.74, 6) is -15.0. The van der Waals surface area contributed by atoms with Gasteiger partial charge in [0.25, 0.3) is 11.8 Å². The second kappa shape index (κ2) is 4.83. The lowest BCUT2D eigenvalue weighted by molar-refractivity contribution is 0.0921. The van der Waals surface area contributed by atoms with Crippen LogP contribution in [0.4, 0.5) is 32.0 Å². The standard InChI is InChI=1S/C14H3F6NO2/c15-4-2-1-3-5(16)12(4)21-13(22)6-7(14(21)23)9(18)11(20)10(19)8(6)17/h1-3H. The molecule has 1 aliphatic heterocycles. The van der Waals surface area contributed by atoms with Crippen LogP contribution in [-0.2, 0) is 0 Å². The van der Waals surface area contributed by atoms with E-state index in [0.29, 0.717) is 12.1 Å². The van der Waals surface area contributed by atoms with Crippen molar-refractivity contribution in [2.75, 3.05) is 4.90 Å². The number of carbonyl (C=O) groups excluding carboxylic acids is 2. The zero-order valence-corrected chi connectivity index (χ0v) is 10.8. The van der Waals surface area contributed by atoms with Crippen molar-refractivity contribution >= 4 is 17.5 Å². The summed E-state index contributed by atoms with van der Waals surface area (Å²) in [7, 11) is 0. The highest BCUT2D eigenvalue weighted by atomic mass is 19.2. The SMILES string of the molecule is O=C1c2c(F)c(F)c(F)c(F)c2C(=O)N1c1c(F)cccc1F. The molecule has 0 unspecified atom stereocenters. The van der Waals surface area contributed by atoms with Gasteiger partial charge in [-0.25, -0.2) is 31.2 Å². The molecule has 3 rings (SSSR count). The van der Waals surface area contributed by atoms with E-state index in [2.05, 4.69) is 0 Å². The minimum atomic E-state index is -2.31. The fraction of sp³-hybridized carbons (Fsp3) is 0. The van der Waals surface area contributed by atoms with Crippen molar-refractivity contribution in [1.29, 1.82) is 0 Å². The number of imide groups is 1. The monoisotopic (exact) mass is 331 g/mol. The molecule has 0 saturated carbocycles. The van der Waals surface area contributed by atoms with Gasteiger partial charge < -0.3 is 0 Å². The molecule has 3 nitrogen and oxygen atoms in total. The van der Waals surface area contributed by atoms with Crippen molar-refractivity contribution in [1.82, 2.24) is 0 Å². The first-order valence-corrected chi connectivity index (χ1v) is 5.96. The maximum absolute atomic E-state index is 13.7. The van der Waals surface area contributed by atoms with Crippen LogP contribution in [-0.4, -0.2) is 11.8 Å². The van der Waals surface area contributed by atoms with Crippen LogP contribution in [0.2, 0.25) is 0 Å². The number of benzene rings is 2. The third-order valence-electron chi connectivity index (χ3n) is 3.26. The Balaban J connectivity index is 2.31. The maximum atomic E-state index is 13.7. The van der Waals surface area contributed by atoms with Crippen molar-refractivity contribution in [2.24, 2.45) is 0 Å². The van der Waals surface area contributed by atoms with E-state index in [1.807, 2.05) is 0 Å². The molecule has 1 heterocycles. The minimum absolute atomic E-state index is 0.208. The molecule has 2 amide bonds. The topological polar surface area (TPSA) is 37.4 Å². The number of nitrogens with zero attached hydrogens (tertiary/aromatic N) is 1. The molecule has 0 aliphatic carbocycles. The van der Waals surface area contributed by atoms with Gasteiger partial charge in [0.15, 0.2) is 23.3 Å². The number of para-hydroxylation sites is 1. The van der Waals surface area contributed by atoms with Crippen LogP contribution in [0.15, 0.2) is 18.2 Å². The average molecular weight is 331 g/mol. The molecule has 118 valence electrons. The van der Waals surface area contributed by atoms with Gasteiger partial charge in [-0.2, -0.15) is 0 Å². The summed E-state index contributed by atoms with van der Waals surface area (Å²) in [6.07, 6.45) is 0. The number of fused-ring (bicyclic) bond motifs is 1. The number of halogens is 6. The molecule has 0 atom stereocenters. The van der Waals surface area contributed by atoms with Gasteiger partial charge in [0, 0.05) is 0 Å². The van der Waals surface area contributed by atoms with E-state index < -0.39 is 63.5 Å². The second-order valence-corrected chi connectivity index (χ2v) is 4.52. The predicted octanol–water partition coefficient (Wildman–Crippen LogP) is 3.32. The molecule has 0 saturated heterocycles. The van der Waals surface area contributed by atoms with E-state index in [4.69, 9.17) is 0 Å². The first-order valence-electron chi connectivity index (χ1n) is 5.96. The summed E-state index contributed by atoms with van der Waals surface area (Å²) in [6, 6.07) is 2.30. The van der Waals surface area contributed by atoms with Gasteiger partial charge in [-0.1, -0.05) is 6.07 Å². The fourth-order valence-electron chi connectivity index (χ4n) is 2.25. The Hall–Kier alpha value is -2.84. The Morgan fingerprint density at radius 3 is 1.43 bits per heavy atom. The maximum Gasteiger partial charge on any atom is 0.269 e. The molecule has 2 aromatic rings. The number of hydrogen-bond donors (Lipinski definition) is 0. The Bertz CT molecular complexity index is 828. The van der Waals surface area contributed by atoms with Gasteiger partial charge in [0.05, 0.1) is 11.1 Å². The lowest BCUT2D eigenvalue weighted by Gasteiger charge is -2.15. The third-order valence-corrected chi connectivity index (χ3v) is 3.26. The highest BCUT2D eigenvalue weighted by Crippen LogP contribution is 2.36. The Kier molecular flexibility index (Phi) is 3.17. The van der Waals surface area contributed by atoms with E-state index >= 15 is 0 Å². The van der Waals surface area contributed by atoms with Gasteiger partial charge in [-0.15, -0.1) is 0 Å². The highest BCUT2D eigenvalue weighted by molar-refractivity contribution is 6.34. The largest absolute Gasteiger partial charge is 0.269 e. The Labute approximate surface area is 123 Å².